The van der Waals surface area contributed by atoms with Crippen molar-refractivity contribution in [2.24, 2.45) is 5.92 Å². The highest BCUT2D eigenvalue weighted by Crippen LogP contribution is 2.41. The molecule has 3 rings (SSSR count). The number of carbonyl (C=O) groups is 1. The summed E-state index contributed by atoms with van der Waals surface area (Å²) in [4.78, 5) is 12.1. The molecule has 0 radical (unpaired) electrons. The molecule has 2 unspecified atom stereocenters. The van der Waals surface area contributed by atoms with Gasteiger partial charge in [0.25, 0.3) is 0 Å². The average Bonchev–Trinajstić information content (AvgIpc) is 2.83. The summed E-state index contributed by atoms with van der Waals surface area (Å²) in [5.74, 6) is 0.560. The zero-order valence-electron chi connectivity index (χ0n) is 10.2. The van der Waals surface area contributed by atoms with Gasteiger partial charge in [0.2, 0.25) is 5.91 Å². The summed E-state index contributed by atoms with van der Waals surface area (Å²) in [5, 5.41) is 8.22. The second kappa shape index (κ2) is 4.86. The van der Waals surface area contributed by atoms with Crippen molar-refractivity contribution in [2.45, 2.75) is 5.37 Å². The van der Waals surface area contributed by atoms with E-state index in [0.717, 1.165) is 16.9 Å². The molecule has 2 aliphatic rings. The van der Waals surface area contributed by atoms with Gasteiger partial charge in [-0.25, -0.2) is 0 Å². The number of rotatable bonds is 2. The highest BCUT2D eigenvalue weighted by molar-refractivity contribution is 8.03. The molecule has 1 aromatic rings. The Morgan fingerprint density at radius 3 is 2.74 bits per heavy atom. The summed E-state index contributed by atoms with van der Waals surface area (Å²) in [5.41, 5.74) is 2.05. The standard InChI is InChI=1S/C13H12N2O2S2/c1-17-8-4-2-7(3-5-8)9-6-19-12-10(9)11(16)14-13(18)15-12/h2-6,10,12H,1H3,(H2,14,15,16,18). The number of fused-ring (bicyclic) bond motifs is 1. The smallest absolute Gasteiger partial charge is 0.236 e. The lowest BCUT2D eigenvalue weighted by Crippen LogP contribution is -2.55. The average molecular weight is 292 g/mol. The molecule has 2 N–H and O–H groups in total. The van der Waals surface area contributed by atoms with E-state index in [1.807, 2.05) is 29.7 Å². The van der Waals surface area contributed by atoms with Crippen molar-refractivity contribution in [3.63, 3.8) is 0 Å². The Morgan fingerprint density at radius 2 is 2.05 bits per heavy atom. The first-order valence-electron chi connectivity index (χ1n) is 5.80. The van der Waals surface area contributed by atoms with Crippen molar-refractivity contribution in [1.29, 1.82) is 0 Å². The number of benzene rings is 1. The van der Waals surface area contributed by atoms with Gasteiger partial charge in [-0.3, -0.25) is 4.79 Å². The molecule has 2 aliphatic heterocycles. The first-order valence-corrected chi connectivity index (χ1v) is 7.15. The van der Waals surface area contributed by atoms with Gasteiger partial charge in [-0.15, -0.1) is 11.8 Å². The minimum Gasteiger partial charge on any atom is -0.497 e. The first-order chi connectivity index (χ1) is 9.19. The van der Waals surface area contributed by atoms with Gasteiger partial charge in [0, 0.05) is 0 Å². The minimum absolute atomic E-state index is 0.00153. The number of thioether (sulfide) groups is 1. The Hall–Kier alpha value is -1.53. The van der Waals surface area contributed by atoms with Crippen molar-refractivity contribution < 1.29 is 9.53 Å². The van der Waals surface area contributed by atoms with E-state index in [2.05, 4.69) is 10.6 Å². The fourth-order valence-electron chi connectivity index (χ4n) is 2.24. The maximum absolute atomic E-state index is 12.1. The van der Waals surface area contributed by atoms with Crippen LogP contribution in [0.15, 0.2) is 29.7 Å². The van der Waals surface area contributed by atoms with E-state index >= 15 is 0 Å². The molecule has 1 fully saturated rings. The van der Waals surface area contributed by atoms with E-state index in [1.54, 1.807) is 18.9 Å². The fourth-order valence-corrected chi connectivity index (χ4v) is 3.73. The van der Waals surface area contributed by atoms with Gasteiger partial charge in [0.15, 0.2) is 5.11 Å². The van der Waals surface area contributed by atoms with E-state index < -0.39 is 0 Å². The van der Waals surface area contributed by atoms with Crippen molar-refractivity contribution in [1.82, 2.24) is 10.6 Å². The summed E-state index contributed by atoms with van der Waals surface area (Å²) in [7, 11) is 1.63. The lowest BCUT2D eigenvalue weighted by molar-refractivity contribution is -0.122. The van der Waals surface area contributed by atoms with Crippen LogP contribution in [0.4, 0.5) is 0 Å². The van der Waals surface area contributed by atoms with Crippen molar-refractivity contribution in [3.05, 3.63) is 35.2 Å². The lowest BCUT2D eigenvalue weighted by Gasteiger charge is -2.28. The van der Waals surface area contributed by atoms with Gasteiger partial charge in [0.05, 0.1) is 18.4 Å². The SMILES string of the molecule is COc1ccc(C2=CSC3NC(=S)NC(=O)C23)cc1. The van der Waals surface area contributed by atoms with Crippen LogP contribution < -0.4 is 15.4 Å². The summed E-state index contributed by atoms with van der Waals surface area (Å²) >= 11 is 6.59. The topological polar surface area (TPSA) is 50.4 Å². The molecule has 0 bridgehead atoms. The molecule has 4 nitrogen and oxygen atoms in total. The summed E-state index contributed by atoms with van der Waals surface area (Å²) in [6.07, 6.45) is 0. The third kappa shape index (κ3) is 2.21. The Morgan fingerprint density at radius 1 is 1.32 bits per heavy atom. The quantitative estimate of drug-likeness (QED) is 0.813. The van der Waals surface area contributed by atoms with Crippen LogP contribution in [0.3, 0.4) is 0 Å². The normalized spacial score (nSPS) is 25.2. The number of thiocarbonyl (C=S) groups is 1. The van der Waals surface area contributed by atoms with Crippen LogP contribution in [-0.4, -0.2) is 23.5 Å². The van der Waals surface area contributed by atoms with Crippen LogP contribution in [-0.2, 0) is 4.79 Å². The molecular formula is C13H12N2O2S2. The Bertz CT molecular complexity index is 569. The predicted octanol–water partition coefficient (Wildman–Crippen LogP) is 1.73. The van der Waals surface area contributed by atoms with Gasteiger partial charge in [-0.05, 0) is 40.9 Å². The maximum atomic E-state index is 12.1. The third-order valence-corrected chi connectivity index (χ3v) is 4.49. The molecular weight excluding hydrogens is 280 g/mol. The van der Waals surface area contributed by atoms with E-state index in [4.69, 9.17) is 17.0 Å². The molecule has 1 amide bonds. The van der Waals surface area contributed by atoms with Gasteiger partial charge in [-0.2, -0.15) is 0 Å². The molecule has 0 saturated carbocycles. The largest absolute Gasteiger partial charge is 0.497 e. The molecule has 0 aliphatic carbocycles. The zero-order chi connectivity index (χ0) is 13.4. The van der Waals surface area contributed by atoms with Crippen LogP contribution in [0.2, 0.25) is 0 Å². The Kier molecular flexibility index (Phi) is 3.20. The van der Waals surface area contributed by atoms with Crippen LogP contribution in [0.5, 0.6) is 5.75 Å². The van der Waals surface area contributed by atoms with Crippen molar-refractivity contribution in [3.8, 4) is 5.75 Å². The van der Waals surface area contributed by atoms with E-state index in [9.17, 15) is 4.79 Å². The van der Waals surface area contributed by atoms with Gasteiger partial charge in [-0.1, -0.05) is 12.1 Å². The molecule has 19 heavy (non-hydrogen) atoms. The number of amides is 1. The van der Waals surface area contributed by atoms with Crippen LogP contribution in [0.1, 0.15) is 5.56 Å². The van der Waals surface area contributed by atoms with Crippen molar-refractivity contribution >= 4 is 40.6 Å². The molecule has 2 heterocycles. The Balaban J connectivity index is 1.89. The summed E-state index contributed by atoms with van der Waals surface area (Å²) < 4.78 is 5.14. The highest BCUT2D eigenvalue weighted by atomic mass is 32.2. The number of hydrogen-bond acceptors (Lipinski definition) is 4. The molecule has 0 aromatic heterocycles. The summed E-state index contributed by atoms with van der Waals surface area (Å²) in [6, 6.07) is 7.72. The number of nitrogens with one attached hydrogen (secondary N) is 2. The second-order valence-electron chi connectivity index (χ2n) is 4.30. The number of carbonyl (C=O) groups excluding carboxylic acids is 1. The van der Waals surface area contributed by atoms with Gasteiger partial charge >= 0.3 is 0 Å². The number of methoxy groups -OCH3 is 1. The highest BCUT2D eigenvalue weighted by Gasteiger charge is 2.40. The maximum Gasteiger partial charge on any atom is 0.236 e. The van der Waals surface area contributed by atoms with E-state index in [1.165, 1.54) is 0 Å². The van der Waals surface area contributed by atoms with E-state index in [-0.39, 0.29) is 17.2 Å². The second-order valence-corrected chi connectivity index (χ2v) is 5.72. The van der Waals surface area contributed by atoms with Crippen LogP contribution in [0.25, 0.3) is 5.57 Å². The number of hydrogen-bond donors (Lipinski definition) is 2. The molecule has 0 spiro atoms. The minimum atomic E-state index is -0.204. The third-order valence-electron chi connectivity index (χ3n) is 3.20. The fraction of sp³-hybridized carbons (Fsp3) is 0.231. The molecule has 2 atom stereocenters. The molecule has 98 valence electrons. The monoisotopic (exact) mass is 292 g/mol. The Labute approximate surface area is 120 Å². The zero-order valence-corrected chi connectivity index (χ0v) is 11.8. The first kappa shape index (κ1) is 12.5. The van der Waals surface area contributed by atoms with Gasteiger partial charge < -0.3 is 15.4 Å². The van der Waals surface area contributed by atoms with E-state index in [0.29, 0.717) is 5.11 Å². The summed E-state index contributed by atoms with van der Waals surface area (Å²) in [6.45, 7) is 0. The lowest BCUT2D eigenvalue weighted by atomic mass is 9.92. The number of ether oxygens (including phenoxy) is 1. The predicted molar refractivity (Wildman–Crippen MR) is 79.7 cm³/mol. The van der Waals surface area contributed by atoms with Crippen molar-refractivity contribution in [2.75, 3.05) is 7.11 Å². The molecule has 1 aromatic carbocycles. The van der Waals surface area contributed by atoms with Crippen LogP contribution >= 0.6 is 24.0 Å². The molecule has 1 saturated heterocycles. The van der Waals surface area contributed by atoms with Gasteiger partial charge in [0.1, 0.15) is 5.75 Å². The van der Waals surface area contributed by atoms with Crippen LogP contribution in [0, 0.1) is 5.92 Å². The molecule has 6 heteroatoms.